The topological polar surface area (TPSA) is 127 Å². The summed E-state index contributed by atoms with van der Waals surface area (Å²) < 4.78 is 7.37. The fourth-order valence-electron chi connectivity index (χ4n) is 3.22. The van der Waals surface area contributed by atoms with E-state index in [1.807, 2.05) is 0 Å². The lowest BCUT2D eigenvalue weighted by Crippen LogP contribution is -2.34. The standard InChI is InChI=1S/C17H17ClN4O4/c18-9-3-1-8(2-4-9)11(23)14-12(24)13(25)17(26-14)22-6-5-10-15(19)20-7-21-16(10)22/h1-7,11-14,17,23-25H,(H2,19,20,21). The molecule has 3 heterocycles. The fourth-order valence-corrected chi connectivity index (χ4v) is 3.35. The number of aliphatic hydroxyl groups is 3. The maximum absolute atomic E-state index is 10.6. The normalized spacial score (nSPS) is 27.1. The molecule has 5 unspecified atom stereocenters. The van der Waals surface area contributed by atoms with E-state index >= 15 is 0 Å². The second-order valence-electron chi connectivity index (χ2n) is 6.19. The van der Waals surface area contributed by atoms with E-state index in [0.29, 0.717) is 27.4 Å². The van der Waals surface area contributed by atoms with Crippen LogP contribution in [0, 0.1) is 0 Å². The number of hydrogen-bond donors (Lipinski definition) is 4. The third-order valence-corrected chi connectivity index (χ3v) is 4.86. The lowest BCUT2D eigenvalue weighted by molar-refractivity contribution is -0.0848. The van der Waals surface area contributed by atoms with Gasteiger partial charge in [0.05, 0.1) is 5.39 Å². The van der Waals surface area contributed by atoms with Gasteiger partial charge in [-0.15, -0.1) is 0 Å². The molecule has 2 aromatic heterocycles. The average Bonchev–Trinajstić information content (AvgIpc) is 3.18. The first kappa shape index (κ1) is 17.2. The summed E-state index contributed by atoms with van der Waals surface area (Å²) in [4.78, 5) is 8.09. The Kier molecular flexibility index (Phi) is 4.29. The van der Waals surface area contributed by atoms with Gasteiger partial charge in [-0.05, 0) is 23.8 Å². The number of anilines is 1. The summed E-state index contributed by atoms with van der Waals surface area (Å²) in [5.74, 6) is 0.305. The number of benzene rings is 1. The van der Waals surface area contributed by atoms with Crippen molar-refractivity contribution in [1.82, 2.24) is 14.5 Å². The summed E-state index contributed by atoms with van der Waals surface area (Å²) in [5.41, 5.74) is 6.82. The van der Waals surface area contributed by atoms with Crippen LogP contribution in [0.1, 0.15) is 17.9 Å². The van der Waals surface area contributed by atoms with Crippen molar-refractivity contribution in [3.8, 4) is 0 Å². The van der Waals surface area contributed by atoms with Crippen LogP contribution in [-0.4, -0.2) is 48.2 Å². The molecule has 1 fully saturated rings. The Hall–Kier alpha value is -2.23. The Morgan fingerprint density at radius 2 is 1.85 bits per heavy atom. The zero-order valence-electron chi connectivity index (χ0n) is 13.5. The van der Waals surface area contributed by atoms with E-state index < -0.39 is 30.6 Å². The Bertz CT molecular complexity index is 932. The Balaban J connectivity index is 1.65. The second kappa shape index (κ2) is 6.49. The van der Waals surface area contributed by atoms with Gasteiger partial charge in [0.1, 0.15) is 42.2 Å². The number of aliphatic hydroxyl groups excluding tert-OH is 3. The van der Waals surface area contributed by atoms with E-state index in [4.69, 9.17) is 22.1 Å². The maximum atomic E-state index is 10.6. The molecule has 0 aliphatic carbocycles. The number of fused-ring (bicyclic) bond motifs is 1. The summed E-state index contributed by atoms with van der Waals surface area (Å²) in [5, 5.41) is 32.6. The fraction of sp³-hybridized carbons (Fsp3) is 0.294. The largest absolute Gasteiger partial charge is 0.387 e. The van der Waals surface area contributed by atoms with Crippen molar-refractivity contribution >= 4 is 28.5 Å². The van der Waals surface area contributed by atoms with Gasteiger partial charge in [0, 0.05) is 11.2 Å². The van der Waals surface area contributed by atoms with Crippen LogP contribution in [0.25, 0.3) is 11.0 Å². The van der Waals surface area contributed by atoms with Crippen LogP contribution < -0.4 is 5.73 Å². The van der Waals surface area contributed by atoms with E-state index in [2.05, 4.69) is 9.97 Å². The van der Waals surface area contributed by atoms with Crippen LogP contribution in [0.2, 0.25) is 5.02 Å². The van der Waals surface area contributed by atoms with Gasteiger partial charge in [0.15, 0.2) is 6.23 Å². The molecule has 1 aliphatic rings. The van der Waals surface area contributed by atoms with E-state index in [1.54, 1.807) is 41.1 Å². The summed E-state index contributed by atoms with van der Waals surface area (Å²) in [6.45, 7) is 0. The molecule has 3 aromatic rings. The summed E-state index contributed by atoms with van der Waals surface area (Å²) in [6.07, 6.45) is -2.67. The van der Waals surface area contributed by atoms with Gasteiger partial charge in [-0.2, -0.15) is 0 Å². The molecule has 5 atom stereocenters. The molecule has 0 spiro atoms. The monoisotopic (exact) mass is 376 g/mol. The van der Waals surface area contributed by atoms with E-state index in [1.165, 1.54) is 6.33 Å². The van der Waals surface area contributed by atoms with E-state index in [9.17, 15) is 15.3 Å². The van der Waals surface area contributed by atoms with Crippen molar-refractivity contribution in [3.63, 3.8) is 0 Å². The molecule has 4 rings (SSSR count). The molecule has 26 heavy (non-hydrogen) atoms. The zero-order valence-corrected chi connectivity index (χ0v) is 14.2. The van der Waals surface area contributed by atoms with Crippen molar-refractivity contribution in [2.24, 2.45) is 0 Å². The molecular formula is C17H17ClN4O4. The van der Waals surface area contributed by atoms with Gasteiger partial charge in [-0.1, -0.05) is 23.7 Å². The number of hydrogen-bond acceptors (Lipinski definition) is 7. The molecule has 0 bridgehead atoms. The number of ether oxygens (including phenoxy) is 1. The number of rotatable bonds is 3. The first-order chi connectivity index (χ1) is 12.5. The van der Waals surface area contributed by atoms with Crippen LogP contribution in [0.5, 0.6) is 0 Å². The van der Waals surface area contributed by atoms with Crippen molar-refractivity contribution in [2.45, 2.75) is 30.6 Å². The molecular weight excluding hydrogens is 360 g/mol. The minimum Gasteiger partial charge on any atom is -0.387 e. The lowest BCUT2D eigenvalue weighted by Gasteiger charge is -2.21. The Morgan fingerprint density at radius 3 is 2.58 bits per heavy atom. The van der Waals surface area contributed by atoms with Crippen molar-refractivity contribution < 1.29 is 20.1 Å². The number of halogens is 1. The summed E-state index contributed by atoms with van der Waals surface area (Å²) >= 11 is 5.86. The molecule has 0 amide bonds. The smallest absolute Gasteiger partial charge is 0.164 e. The SMILES string of the molecule is Nc1ncnc2c1ccn2C1OC(C(O)c2ccc(Cl)cc2)C(O)C1O. The lowest BCUT2D eigenvalue weighted by atomic mass is 9.99. The average molecular weight is 377 g/mol. The quantitative estimate of drug-likeness (QED) is 0.537. The van der Waals surface area contributed by atoms with Crippen LogP contribution in [0.4, 0.5) is 5.82 Å². The Morgan fingerprint density at radius 1 is 1.12 bits per heavy atom. The first-order valence-corrected chi connectivity index (χ1v) is 8.37. The van der Waals surface area contributed by atoms with Gasteiger partial charge < -0.3 is 30.4 Å². The molecule has 0 radical (unpaired) electrons. The highest BCUT2D eigenvalue weighted by Gasteiger charge is 2.47. The summed E-state index contributed by atoms with van der Waals surface area (Å²) in [6, 6.07) is 8.25. The van der Waals surface area contributed by atoms with Crippen LogP contribution in [0.15, 0.2) is 42.9 Å². The molecule has 1 aliphatic heterocycles. The number of aromatic nitrogens is 3. The molecule has 0 saturated carbocycles. The van der Waals surface area contributed by atoms with Crippen molar-refractivity contribution in [2.75, 3.05) is 5.73 Å². The van der Waals surface area contributed by atoms with Crippen LogP contribution >= 0.6 is 11.6 Å². The van der Waals surface area contributed by atoms with Crippen LogP contribution in [-0.2, 0) is 4.74 Å². The Labute approximate surface area is 153 Å². The first-order valence-electron chi connectivity index (χ1n) is 7.99. The highest BCUT2D eigenvalue weighted by molar-refractivity contribution is 6.30. The number of nitrogen functional groups attached to an aromatic ring is 1. The molecule has 1 saturated heterocycles. The zero-order chi connectivity index (χ0) is 18.4. The maximum Gasteiger partial charge on any atom is 0.164 e. The van der Waals surface area contributed by atoms with Gasteiger partial charge in [0.25, 0.3) is 0 Å². The highest BCUT2D eigenvalue weighted by atomic mass is 35.5. The number of nitrogens with two attached hydrogens (primary N) is 1. The molecule has 9 heteroatoms. The van der Waals surface area contributed by atoms with E-state index in [0.717, 1.165) is 0 Å². The van der Waals surface area contributed by atoms with Crippen molar-refractivity contribution in [3.05, 3.63) is 53.4 Å². The molecule has 136 valence electrons. The predicted octanol–water partition coefficient (Wildman–Crippen LogP) is 1.02. The third-order valence-electron chi connectivity index (χ3n) is 4.61. The van der Waals surface area contributed by atoms with Gasteiger partial charge in [-0.25, -0.2) is 9.97 Å². The molecule has 1 aromatic carbocycles. The third kappa shape index (κ3) is 2.72. The summed E-state index contributed by atoms with van der Waals surface area (Å²) in [7, 11) is 0. The number of nitrogens with zero attached hydrogens (tertiary/aromatic N) is 3. The predicted molar refractivity (Wildman–Crippen MR) is 94.3 cm³/mol. The minimum absolute atomic E-state index is 0.305. The van der Waals surface area contributed by atoms with Crippen molar-refractivity contribution in [1.29, 1.82) is 0 Å². The van der Waals surface area contributed by atoms with Gasteiger partial charge >= 0.3 is 0 Å². The molecule has 8 nitrogen and oxygen atoms in total. The highest BCUT2D eigenvalue weighted by Crippen LogP contribution is 2.37. The van der Waals surface area contributed by atoms with E-state index in [-0.39, 0.29) is 0 Å². The second-order valence-corrected chi connectivity index (χ2v) is 6.62. The van der Waals surface area contributed by atoms with Crippen LogP contribution in [0.3, 0.4) is 0 Å². The van der Waals surface area contributed by atoms with Gasteiger partial charge in [-0.3, -0.25) is 0 Å². The van der Waals surface area contributed by atoms with Gasteiger partial charge in [0.2, 0.25) is 0 Å². The molecule has 5 N–H and O–H groups in total. The minimum atomic E-state index is -1.29.